The van der Waals surface area contributed by atoms with Gasteiger partial charge in [-0.15, -0.1) is 6.58 Å². The van der Waals surface area contributed by atoms with Gasteiger partial charge in [0.1, 0.15) is 0 Å². The topological polar surface area (TPSA) is 3.24 Å². The number of nitrogens with zero attached hydrogens (tertiary/aromatic N) is 1. The van der Waals surface area contributed by atoms with Crippen LogP contribution in [0.4, 0.5) is 5.69 Å². The van der Waals surface area contributed by atoms with E-state index in [9.17, 15) is 0 Å². The third kappa shape index (κ3) is 4.11. The maximum absolute atomic E-state index is 4.02. The predicted molar refractivity (Wildman–Crippen MR) is 94.8 cm³/mol. The van der Waals surface area contributed by atoms with Crippen LogP contribution in [-0.4, -0.2) is 14.8 Å². The Morgan fingerprint density at radius 1 is 1.00 bits per heavy atom. The molecule has 0 aliphatic heterocycles. The Kier molecular flexibility index (Phi) is 5.02. The average Bonchev–Trinajstić information content (AvgIpc) is 2.53. The number of hydrogen-bond acceptors (Lipinski definition) is 1. The quantitative estimate of drug-likeness (QED) is 0.593. The summed E-state index contributed by atoms with van der Waals surface area (Å²) in [6, 6.07) is 20.6. The van der Waals surface area contributed by atoms with Gasteiger partial charge in [-0.25, -0.2) is 0 Å². The molecule has 2 aromatic carbocycles. The number of rotatable bonds is 4. The summed E-state index contributed by atoms with van der Waals surface area (Å²) in [6.07, 6.45) is 0. The molecule has 0 N–H and O–H groups in total. The SMILES string of the molecule is C=C[Si](C)(C)N(CC#Cc1ccccc1)c1ccccc1. The molecule has 1 nitrogen and oxygen atoms in total. The number of hydrogen-bond donors (Lipinski definition) is 0. The van der Waals surface area contributed by atoms with Crippen molar-refractivity contribution in [2.45, 2.75) is 13.1 Å². The smallest absolute Gasteiger partial charge is 0.175 e. The van der Waals surface area contributed by atoms with E-state index in [1.165, 1.54) is 5.69 Å². The van der Waals surface area contributed by atoms with E-state index in [1.54, 1.807) is 0 Å². The highest BCUT2D eigenvalue weighted by Crippen LogP contribution is 2.21. The van der Waals surface area contributed by atoms with Gasteiger partial charge in [0.25, 0.3) is 0 Å². The fourth-order valence-corrected chi connectivity index (χ4v) is 3.61. The molecule has 0 atom stereocenters. The van der Waals surface area contributed by atoms with Crippen LogP contribution in [0.25, 0.3) is 0 Å². The first-order valence-electron chi connectivity index (χ1n) is 7.14. The lowest BCUT2D eigenvalue weighted by atomic mass is 10.2. The van der Waals surface area contributed by atoms with Crippen molar-refractivity contribution in [3.8, 4) is 11.8 Å². The van der Waals surface area contributed by atoms with Crippen molar-refractivity contribution in [2.75, 3.05) is 11.1 Å². The van der Waals surface area contributed by atoms with Crippen LogP contribution < -0.4 is 4.57 Å². The van der Waals surface area contributed by atoms with E-state index in [2.05, 4.69) is 66.0 Å². The highest BCUT2D eigenvalue weighted by Gasteiger charge is 2.25. The van der Waals surface area contributed by atoms with E-state index in [-0.39, 0.29) is 0 Å². The Bertz CT molecular complexity index is 636. The van der Waals surface area contributed by atoms with Gasteiger partial charge in [-0.1, -0.05) is 53.9 Å². The highest BCUT2D eigenvalue weighted by molar-refractivity contribution is 6.85. The summed E-state index contributed by atoms with van der Waals surface area (Å²) in [4.78, 5) is 0. The molecule has 0 spiro atoms. The fourth-order valence-electron chi connectivity index (χ4n) is 2.09. The van der Waals surface area contributed by atoms with Gasteiger partial charge in [0.05, 0.1) is 6.54 Å². The minimum atomic E-state index is -1.69. The van der Waals surface area contributed by atoms with Gasteiger partial charge in [0.2, 0.25) is 0 Å². The summed E-state index contributed by atoms with van der Waals surface area (Å²) >= 11 is 0. The van der Waals surface area contributed by atoms with Gasteiger partial charge in [-0.05, 0) is 37.4 Å². The van der Waals surface area contributed by atoms with Crippen molar-refractivity contribution in [1.29, 1.82) is 0 Å². The lowest BCUT2D eigenvalue weighted by molar-refractivity contribution is 1.17. The van der Waals surface area contributed by atoms with Crippen LogP contribution in [-0.2, 0) is 0 Å². The Balaban J connectivity index is 2.22. The summed E-state index contributed by atoms with van der Waals surface area (Å²) in [5, 5.41) is 0. The standard InChI is InChI=1S/C19H21NSi/c1-4-21(2,3)20(19-15-9-6-10-16-19)17-11-14-18-12-7-5-8-13-18/h4-10,12-13,15-16H,1,17H2,2-3H3. The van der Waals surface area contributed by atoms with E-state index in [0.29, 0.717) is 0 Å². The monoisotopic (exact) mass is 291 g/mol. The predicted octanol–water partition coefficient (Wildman–Crippen LogP) is 4.48. The Labute approximate surface area is 129 Å². The summed E-state index contributed by atoms with van der Waals surface area (Å²) in [5.41, 5.74) is 4.38. The van der Waals surface area contributed by atoms with Crippen molar-refractivity contribution in [3.63, 3.8) is 0 Å². The summed E-state index contributed by atoms with van der Waals surface area (Å²) in [5.74, 6) is 6.54. The van der Waals surface area contributed by atoms with Crippen LogP contribution in [0.5, 0.6) is 0 Å². The molecule has 2 aromatic rings. The Morgan fingerprint density at radius 3 is 2.14 bits per heavy atom. The first-order chi connectivity index (χ1) is 10.1. The van der Waals surface area contributed by atoms with Crippen LogP contribution >= 0.6 is 0 Å². The second kappa shape index (κ2) is 6.96. The van der Waals surface area contributed by atoms with Gasteiger partial charge in [0.15, 0.2) is 8.24 Å². The van der Waals surface area contributed by atoms with Crippen LogP contribution in [0.3, 0.4) is 0 Å². The normalized spacial score (nSPS) is 10.4. The third-order valence-electron chi connectivity index (χ3n) is 3.51. The number of anilines is 1. The molecule has 0 aromatic heterocycles. The van der Waals surface area contributed by atoms with Crippen molar-refractivity contribution in [1.82, 2.24) is 0 Å². The van der Waals surface area contributed by atoms with E-state index >= 15 is 0 Å². The van der Waals surface area contributed by atoms with Crippen LogP contribution in [0.15, 0.2) is 72.9 Å². The zero-order valence-electron chi connectivity index (χ0n) is 12.7. The second-order valence-corrected chi connectivity index (χ2v) is 9.70. The van der Waals surface area contributed by atoms with Crippen molar-refractivity contribution in [3.05, 3.63) is 78.5 Å². The molecule has 2 heteroatoms. The van der Waals surface area contributed by atoms with Crippen LogP contribution in [0, 0.1) is 11.8 Å². The molecule has 0 fully saturated rings. The molecule has 0 saturated carbocycles. The molecule has 0 aliphatic rings. The minimum Gasteiger partial charge on any atom is -0.384 e. The molecule has 0 saturated heterocycles. The number of para-hydroxylation sites is 1. The molecular formula is C19H21NSi. The molecule has 0 bridgehead atoms. The lowest BCUT2D eigenvalue weighted by Crippen LogP contribution is -2.47. The van der Waals surface area contributed by atoms with E-state index < -0.39 is 8.24 Å². The molecule has 0 amide bonds. The zero-order chi connectivity index (χ0) is 15.1. The number of benzene rings is 2. The fraction of sp³-hybridized carbons (Fsp3) is 0.158. The van der Waals surface area contributed by atoms with Gasteiger partial charge >= 0.3 is 0 Å². The van der Waals surface area contributed by atoms with E-state index in [1.807, 2.05) is 36.4 Å². The molecule has 0 heterocycles. The molecule has 0 unspecified atom stereocenters. The molecule has 106 valence electrons. The molecule has 2 rings (SSSR count). The molecular weight excluding hydrogens is 270 g/mol. The maximum atomic E-state index is 4.02. The van der Waals surface area contributed by atoms with Crippen molar-refractivity contribution < 1.29 is 0 Å². The van der Waals surface area contributed by atoms with Gasteiger partial charge in [0, 0.05) is 11.3 Å². The van der Waals surface area contributed by atoms with E-state index in [0.717, 1.165) is 12.1 Å². The molecule has 0 aliphatic carbocycles. The van der Waals surface area contributed by atoms with Crippen LogP contribution in [0.1, 0.15) is 5.56 Å². The zero-order valence-corrected chi connectivity index (χ0v) is 13.7. The summed E-state index contributed by atoms with van der Waals surface area (Å²) < 4.78 is 2.40. The van der Waals surface area contributed by atoms with Crippen molar-refractivity contribution in [2.24, 2.45) is 0 Å². The molecule has 21 heavy (non-hydrogen) atoms. The lowest BCUT2D eigenvalue weighted by Gasteiger charge is -2.35. The van der Waals surface area contributed by atoms with Crippen LogP contribution in [0.2, 0.25) is 13.1 Å². The first-order valence-corrected chi connectivity index (χ1v) is 10.2. The van der Waals surface area contributed by atoms with Gasteiger partial charge in [-0.3, -0.25) is 0 Å². The maximum Gasteiger partial charge on any atom is 0.175 e. The average molecular weight is 291 g/mol. The summed E-state index contributed by atoms with van der Waals surface area (Å²) in [6.45, 7) is 9.32. The van der Waals surface area contributed by atoms with Gasteiger partial charge in [-0.2, -0.15) is 0 Å². The Morgan fingerprint density at radius 2 is 1.57 bits per heavy atom. The first kappa shape index (κ1) is 15.2. The Hall–Kier alpha value is -2.24. The molecule has 0 radical (unpaired) electrons. The summed E-state index contributed by atoms with van der Waals surface area (Å²) in [7, 11) is -1.69. The van der Waals surface area contributed by atoms with Crippen molar-refractivity contribution >= 4 is 13.9 Å². The third-order valence-corrected chi connectivity index (χ3v) is 6.31. The second-order valence-electron chi connectivity index (χ2n) is 5.45. The van der Waals surface area contributed by atoms with E-state index in [4.69, 9.17) is 0 Å². The van der Waals surface area contributed by atoms with Gasteiger partial charge < -0.3 is 4.57 Å². The highest BCUT2D eigenvalue weighted by atomic mass is 28.3. The largest absolute Gasteiger partial charge is 0.384 e. The minimum absolute atomic E-state index is 0.726.